The molecule has 1 amide bonds. The van der Waals surface area contributed by atoms with Gasteiger partial charge in [-0.3, -0.25) is 9.48 Å². The average molecular weight is 313 g/mol. The number of nitrogens with one attached hydrogen (secondary N) is 1. The number of halogens is 3. The third kappa shape index (κ3) is 3.08. The second kappa shape index (κ2) is 5.51. The van der Waals surface area contributed by atoms with Gasteiger partial charge in [0.2, 0.25) is 0 Å². The number of aromatic carboxylic acids is 1. The lowest BCUT2D eigenvalue weighted by molar-refractivity contribution is -0.137. The van der Waals surface area contributed by atoms with Crippen LogP contribution in [0, 0.1) is 0 Å². The van der Waals surface area contributed by atoms with E-state index in [1.54, 1.807) is 0 Å². The number of hydrogen-bond acceptors (Lipinski definition) is 3. The number of aryl methyl sites for hydroxylation is 1. The van der Waals surface area contributed by atoms with E-state index < -0.39 is 23.6 Å². The molecule has 0 atom stereocenters. The molecule has 1 heterocycles. The molecule has 0 unspecified atom stereocenters. The summed E-state index contributed by atoms with van der Waals surface area (Å²) in [5.74, 6) is -2.11. The van der Waals surface area contributed by atoms with E-state index in [2.05, 4.69) is 10.4 Å². The van der Waals surface area contributed by atoms with E-state index in [1.165, 1.54) is 7.05 Å². The fourth-order valence-electron chi connectivity index (χ4n) is 1.80. The van der Waals surface area contributed by atoms with Crippen molar-refractivity contribution in [1.82, 2.24) is 9.78 Å². The topological polar surface area (TPSA) is 84.2 Å². The third-order valence-corrected chi connectivity index (χ3v) is 2.86. The predicted molar refractivity (Wildman–Crippen MR) is 69.6 cm³/mol. The molecule has 1 aromatic heterocycles. The molecule has 2 rings (SSSR count). The first-order valence-corrected chi connectivity index (χ1v) is 5.94. The van der Waals surface area contributed by atoms with Gasteiger partial charge in [-0.1, -0.05) is 0 Å². The zero-order valence-electron chi connectivity index (χ0n) is 11.2. The van der Waals surface area contributed by atoms with Gasteiger partial charge in [0.1, 0.15) is 0 Å². The molecule has 0 spiro atoms. The Morgan fingerprint density at radius 1 is 1.23 bits per heavy atom. The van der Waals surface area contributed by atoms with E-state index in [0.29, 0.717) is 0 Å². The smallest absolute Gasteiger partial charge is 0.416 e. The maximum Gasteiger partial charge on any atom is 0.416 e. The van der Waals surface area contributed by atoms with Crippen LogP contribution in [0.1, 0.15) is 26.4 Å². The van der Waals surface area contributed by atoms with Crippen LogP contribution in [0.15, 0.2) is 30.5 Å². The molecular formula is C13H10F3N3O3. The number of anilines is 1. The maximum atomic E-state index is 12.4. The van der Waals surface area contributed by atoms with Crippen molar-refractivity contribution in [1.29, 1.82) is 0 Å². The Hall–Kier alpha value is -2.84. The summed E-state index contributed by atoms with van der Waals surface area (Å²) in [6.07, 6.45) is -3.40. The highest BCUT2D eigenvalue weighted by molar-refractivity contribution is 6.09. The van der Waals surface area contributed by atoms with Crippen molar-refractivity contribution in [3.63, 3.8) is 0 Å². The summed E-state index contributed by atoms with van der Waals surface area (Å²) in [6.45, 7) is 0. The van der Waals surface area contributed by atoms with Crippen LogP contribution in [0.2, 0.25) is 0 Å². The summed E-state index contributed by atoms with van der Waals surface area (Å²) < 4.78 is 38.3. The van der Waals surface area contributed by atoms with E-state index in [9.17, 15) is 22.8 Å². The molecule has 0 bridgehead atoms. The average Bonchev–Trinajstić information content (AvgIpc) is 2.80. The first kappa shape index (κ1) is 15.5. The highest BCUT2D eigenvalue weighted by atomic mass is 19.4. The Balaban J connectivity index is 2.21. The van der Waals surface area contributed by atoms with Gasteiger partial charge < -0.3 is 10.4 Å². The summed E-state index contributed by atoms with van der Waals surface area (Å²) in [5, 5.41) is 15.0. The monoisotopic (exact) mass is 313 g/mol. The van der Waals surface area contributed by atoms with Crippen LogP contribution in [0.3, 0.4) is 0 Å². The highest BCUT2D eigenvalue weighted by Crippen LogP contribution is 2.29. The Morgan fingerprint density at radius 3 is 2.32 bits per heavy atom. The molecule has 22 heavy (non-hydrogen) atoms. The number of alkyl halides is 3. The van der Waals surface area contributed by atoms with Crippen LogP contribution in [0.4, 0.5) is 18.9 Å². The number of rotatable bonds is 3. The van der Waals surface area contributed by atoms with Crippen molar-refractivity contribution in [3.8, 4) is 0 Å². The Morgan fingerprint density at radius 2 is 1.82 bits per heavy atom. The molecule has 0 aliphatic carbocycles. The summed E-state index contributed by atoms with van der Waals surface area (Å²) in [6, 6.07) is 3.79. The predicted octanol–water partition coefficient (Wildman–Crippen LogP) is 2.39. The molecule has 1 aromatic carbocycles. The lowest BCUT2D eigenvalue weighted by Crippen LogP contribution is -2.17. The second-order valence-corrected chi connectivity index (χ2v) is 4.36. The first-order chi connectivity index (χ1) is 10.2. The van der Waals surface area contributed by atoms with Crippen molar-refractivity contribution in [2.24, 2.45) is 7.05 Å². The van der Waals surface area contributed by atoms with E-state index in [0.717, 1.165) is 35.1 Å². The van der Waals surface area contributed by atoms with E-state index >= 15 is 0 Å². The number of carboxylic acids is 1. The molecule has 6 nitrogen and oxygen atoms in total. The van der Waals surface area contributed by atoms with E-state index in [-0.39, 0.29) is 16.9 Å². The van der Waals surface area contributed by atoms with Gasteiger partial charge in [-0.05, 0) is 24.3 Å². The van der Waals surface area contributed by atoms with Gasteiger partial charge in [-0.15, -0.1) is 0 Å². The number of hydrogen-bond donors (Lipinski definition) is 2. The van der Waals surface area contributed by atoms with Crippen LogP contribution in [-0.2, 0) is 13.2 Å². The van der Waals surface area contributed by atoms with Crippen molar-refractivity contribution in [2.75, 3.05) is 5.32 Å². The van der Waals surface area contributed by atoms with Gasteiger partial charge in [0.05, 0.1) is 17.3 Å². The van der Waals surface area contributed by atoms with Crippen LogP contribution < -0.4 is 5.32 Å². The number of aromatic nitrogens is 2. The van der Waals surface area contributed by atoms with Crippen molar-refractivity contribution in [3.05, 3.63) is 47.3 Å². The summed E-state index contributed by atoms with van der Waals surface area (Å²) in [7, 11) is 1.36. The van der Waals surface area contributed by atoms with Gasteiger partial charge >= 0.3 is 12.1 Å². The minimum Gasteiger partial charge on any atom is -0.477 e. The zero-order valence-corrected chi connectivity index (χ0v) is 11.2. The number of amides is 1. The van der Waals surface area contributed by atoms with Gasteiger partial charge in [-0.2, -0.15) is 18.3 Å². The molecule has 116 valence electrons. The standard InChI is InChI=1S/C13H10F3N3O3/c1-19-10(12(21)22)9(6-17-19)11(20)18-8-4-2-7(3-5-8)13(14,15)16/h2-6H,1H3,(H,18,20)(H,21,22). The van der Waals surface area contributed by atoms with Gasteiger partial charge in [0, 0.05) is 12.7 Å². The van der Waals surface area contributed by atoms with Gasteiger partial charge in [0.25, 0.3) is 5.91 Å². The lowest BCUT2D eigenvalue weighted by Gasteiger charge is -2.08. The number of benzene rings is 1. The van der Waals surface area contributed by atoms with Gasteiger partial charge in [-0.25, -0.2) is 4.79 Å². The van der Waals surface area contributed by atoms with Crippen LogP contribution >= 0.6 is 0 Å². The first-order valence-electron chi connectivity index (χ1n) is 5.94. The van der Waals surface area contributed by atoms with Crippen LogP contribution in [0.5, 0.6) is 0 Å². The molecule has 0 aliphatic heterocycles. The minimum absolute atomic E-state index is 0.109. The number of carbonyl (C=O) groups is 2. The molecule has 2 N–H and O–H groups in total. The molecular weight excluding hydrogens is 303 g/mol. The van der Waals surface area contributed by atoms with E-state index in [4.69, 9.17) is 5.11 Å². The molecule has 0 saturated heterocycles. The molecule has 2 aromatic rings. The molecule has 0 radical (unpaired) electrons. The molecule has 9 heteroatoms. The van der Waals surface area contributed by atoms with Crippen molar-refractivity contribution < 1.29 is 27.9 Å². The zero-order chi connectivity index (χ0) is 16.5. The van der Waals surface area contributed by atoms with Crippen molar-refractivity contribution in [2.45, 2.75) is 6.18 Å². The Kier molecular flexibility index (Phi) is 3.89. The largest absolute Gasteiger partial charge is 0.477 e. The van der Waals surface area contributed by atoms with Crippen LogP contribution in [0.25, 0.3) is 0 Å². The molecule has 0 fully saturated rings. The minimum atomic E-state index is -4.47. The van der Waals surface area contributed by atoms with Gasteiger partial charge in [0.15, 0.2) is 5.69 Å². The van der Waals surface area contributed by atoms with Crippen LogP contribution in [-0.4, -0.2) is 26.8 Å². The number of carbonyl (C=O) groups excluding carboxylic acids is 1. The van der Waals surface area contributed by atoms with E-state index in [1.807, 2.05) is 0 Å². The molecule has 0 saturated carbocycles. The Bertz CT molecular complexity index is 720. The SMILES string of the molecule is Cn1ncc(C(=O)Nc2ccc(C(F)(F)F)cc2)c1C(=O)O. The third-order valence-electron chi connectivity index (χ3n) is 2.86. The number of carboxylic acid groups (broad SMARTS) is 1. The fraction of sp³-hybridized carbons (Fsp3) is 0.154. The second-order valence-electron chi connectivity index (χ2n) is 4.36. The summed E-state index contributed by atoms with van der Waals surface area (Å²) in [4.78, 5) is 23.0. The maximum absolute atomic E-state index is 12.4. The highest BCUT2D eigenvalue weighted by Gasteiger charge is 2.30. The number of nitrogens with zero attached hydrogens (tertiary/aromatic N) is 2. The summed E-state index contributed by atoms with van der Waals surface area (Å²) >= 11 is 0. The quantitative estimate of drug-likeness (QED) is 0.911. The van der Waals surface area contributed by atoms with Crippen molar-refractivity contribution >= 4 is 17.6 Å². The fourth-order valence-corrected chi connectivity index (χ4v) is 1.80. The Labute approximate surface area is 122 Å². The molecule has 0 aliphatic rings. The lowest BCUT2D eigenvalue weighted by atomic mass is 10.2. The normalized spacial score (nSPS) is 11.3. The summed E-state index contributed by atoms with van der Waals surface area (Å²) in [5.41, 5.74) is -1.24.